The molecule has 148 valence electrons. The van der Waals surface area contributed by atoms with E-state index in [2.05, 4.69) is 19.1 Å². The maximum Gasteiger partial charge on any atom is 0.338 e. The Labute approximate surface area is 164 Å². The minimum absolute atomic E-state index is 0.0231. The molecule has 5 nitrogen and oxygen atoms in total. The van der Waals surface area contributed by atoms with Crippen LogP contribution in [-0.2, 0) is 23.8 Å². The number of cyclic esters (lactones) is 1. The number of rotatable bonds is 2. The largest absolute Gasteiger partial charge is 0.461 e. The molecule has 0 amide bonds. The summed E-state index contributed by atoms with van der Waals surface area (Å²) in [5, 5.41) is 0. The van der Waals surface area contributed by atoms with Gasteiger partial charge in [0.25, 0.3) is 0 Å². The predicted molar refractivity (Wildman–Crippen MR) is 99.4 cm³/mol. The maximum atomic E-state index is 12.6. The summed E-state index contributed by atoms with van der Waals surface area (Å²) in [5.74, 6) is 0.676. The number of ether oxygens (including phenoxy) is 3. The Hall–Kier alpha value is -2.04. The summed E-state index contributed by atoms with van der Waals surface area (Å²) in [7, 11) is 0. The van der Waals surface area contributed by atoms with Gasteiger partial charge in [-0.1, -0.05) is 24.6 Å². The standard InChI is InChI=1S/C23H26O5/c1-11-4-3-5-12-9-15-16(20(24)27-19(15)17(11)12)10-26-21-18-13-6-7-14(8-13)23(18,2)22(25)28-21/h6-7,10-11,13-15,18-19,21H,3-5,8-9H2,1-2H3/b16-10+/t11-,13-,14+,15-,18+,19+,21-,23+/m1/s1. The van der Waals surface area contributed by atoms with Crippen molar-refractivity contribution in [2.45, 2.75) is 58.3 Å². The van der Waals surface area contributed by atoms with Crippen LogP contribution in [0.2, 0.25) is 0 Å². The molecule has 4 aliphatic carbocycles. The zero-order valence-corrected chi connectivity index (χ0v) is 16.4. The lowest BCUT2D eigenvalue weighted by Gasteiger charge is -2.28. The van der Waals surface area contributed by atoms with Crippen molar-refractivity contribution in [2.75, 3.05) is 0 Å². The number of hydrogen-bond donors (Lipinski definition) is 0. The van der Waals surface area contributed by atoms with Crippen LogP contribution in [0.4, 0.5) is 0 Å². The van der Waals surface area contributed by atoms with Crippen LogP contribution in [0.25, 0.3) is 0 Å². The van der Waals surface area contributed by atoms with Gasteiger partial charge < -0.3 is 14.2 Å². The molecule has 3 fully saturated rings. The van der Waals surface area contributed by atoms with Crippen LogP contribution in [0, 0.1) is 35.0 Å². The molecule has 6 aliphatic rings. The first kappa shape index (κ1) is 16.9. The number of esters is 2. The van der Waals surface area contributed by atoms with Crippen LogP contribution >= 0.6 is 0 Å². The molecule has 0 radical (unpaired) electrons. The first-order chi connectivity index (χ1) is 13.5. The molecule has 2 saturated heterocycles. The smallest absolute Gasteiger partial charge is 0.338 e. The average Bonchev–Trinajstić information content (AvgIpc) is 3.42. The van der Waals surface area contributed by atoms with Crippen molar-refractivity contribution in [1.82, 2.24) is 0 Å². The van der Waals surface area contributed by atoms with Gasteiger partial charge in [-0.25, -0.2) is 4.79 Å². The number of fused-ring (bicyclic) bond motifs is 7. The fourth-order valence-electron chi connectivity index (χ4n) is 6.91. The summed E-state index contributed by atoms with van der Waals surface area (Å²) >= 11 is 0. The van der Waals surface area contributed by atoms with E-state index in [1.54, 1.807) is 6.26 Å². The van der Waals surface area contributed by atoms with Crippen LogP contribution in [0.1, 0.15) is 46.0 Å². The second kappa shape index (κ2) is 5.52. The fourth-order valence-corrected chi connectivity index (χ4v) is 6.91. The average molecular weight is 382 g/mol. The molecule has 0 aromatic carbocycles. The van der Waals surface area contributed by atoms with Crippen molar-refractivity contribution in [3.05, 3.63) is 35.1 Å². The first-order valence-electron chi connectivity index (χ1n) is 10.7. The number of carbonyl (C=O) groups is 2. The lowest BCUT2D eigenvalue weighted by molar-refractivity contribution is -0.161. The highest BCUT2D eigenvalue weighted by Gasteiger charge is 2.67. The highest BCUT2D eigenvalue weighted by atomic mass is 16.7. The molecule has 28 heavy (non-hydrogen) atoms. The molecule has 6 rings (SSSR count). The molecule has 1 saturated carbocycles. The zero-order chi connectivity index (χ0) is 19.2. The van der Waals surface area contributed by atoms with Crippen molar-refractivity contribution in [3.8, 4) is 0 Å². The molecule has 8 atom stereocenters. The van der Waals surface area contributed by atoms with Gasteiger partial charge in [-0.2, -0.15) is 0 Å². The predicted octanol–water partition coefficient (Wildman–Crippen LogP) is 3.66. The molecular weight excluding hydrogens is 356 g/mol. The molecule has 2 aliphatic heterocycles. The van der Waals surface area contributed by atoms with Crippen molar-refractivity contribution in [1.29, 1.82) is 0 Å². The van der Waals surface area contributed by atoms with Crippen LogP contribution in [0.3, 0.4) is 0 Å². The van der Waals surface area contributed by atoms with Gasteiger partial charge in [0.05, 0.1) is 23.2 Å². The minimum atomic E-state index is -0.611. The van der Waals surface area contributed by atoms with E-state index in [1.807, 2.05) is 6.92 Å². The van der Waals surface area contributed by atoms with Crippen LogP contribution in [-0.4, -0.2) is 24.3 Å². The summed E-state index contributed by atoms with van der Waals surface area (Å²) in [6, 6.07) is 0. The monoisotopic (exact) mass is 382 g/mol. The van der Waals surface area contributed by atoms with E-state index >= 15 is 0 Å². The summed E-state index contributed by atoms with van der Waals surface area (Å²) in [6.45, 7) is 4.24. The Morgan fingerprint density at radius 3 is 2.96 bits per heavy atom. The summed E-state index contributed by atoms with van der Waals surface area (Å²) in [4.78, 5) is 25.1. The molecule has 0 aromatic heterocycles. The Morgan fingerprint density at radius 2 is 2.11 bits per heavy atom. The second-order valence-corrected chi connectivity index (χ2v) is 9.67. The van der Waals surface area contributed by atoms with Crippen molar-refractivity contribution in [2.24, 2.45) is 35.0 Å². The van der Waals surface area contributed by atoms with Crippen molar-refractivity contribution in [3.63, 3.8) is 0 Å². The van der Waals surface area contributed by atoms with Gasteiger partial charge in [-0.05, 0) is 62.4 Å². The Balaban J connectivity index is 1.25. The van der Waals surface area contributed by atoms with Crippen molar-refractivity contribution < 1.29 is 23.8 Å². The highest BCUT2D eigenvalue weighted by molar-refractivity contribution is 5.92. The van der Waals surface area contributed by atoms with Gasteiger partial charge in [-0.3, -0.25) is 4.79 Å². The van der Waals surface area contributed by atoms with Gasteiger partial charge in [-0.15, -0.1) is 0 Å². The van der Waals surface area contributed by atoms with Crippen LogP contribution < -0.4 is 0 Å². The van der Waals surface area contributed by atoms with Crippen LogP contribution in [0.5, 0.6) is 0 Å². The normalized spacial score (nSPS) is 49.4. The first-order valence-corrected chi connectivity index (χ1v) is 10.7. The SMILES string of the molecule is C[C@@H]1CCCC2=C1[C@H]1OC(=O)/C(=C/O[C@@H]3OC(=O)[C@]4(C)[C@H]3[C@@H]3C=C[C@H]4C3)[C@H]1C2. The molecule has 0 spiro atoms. The molecule has 5 heteroatoms. The van der Waals surface area contributed by atoms with Gasteiger partial charge >= 0.3 is 11.9 Å². The van der Waals surface area contributed by atoms with E-state index in [4.69, 9.17) is 14.2 Å². The van der Waals surface area contributed by atoms with Crippen molar-refractivity contribution >= 4 is 11.9 Å². The topological polar surface area (TPSA) is 61.8 Å². The van der Waals surface area contributed by atoms with E-state index in [1.165, 1.54) is 24.0 Å². The Morgan fingerprint density at radius 1 is 1.25 bits per heavy atom. The second-order valence-electron chi connectivity index (χ2n) is 9.67. The Bertz CT molecular complexity index is 866. The molecular formula is C23H26O5. The third kappa shape index (κ3) is 1.98. The van der Waals surface area contributed by atoms with E-state index in [0.717, 1.165) is 19.3 Å². The summed E-state index contributed by atoms with van der Waals surface area (Å²) in [5.41, 5.74) is 2.94. The van der Waals surface area contributed by atoms with Gasteiger partial charge in [0.1, 0.15) is 6.10 Å². The summed E-state index contributed by atoms with van der Waals surface area (Å²) < 4.78 is 17.4. The fraction of sp³-hybridized carbons (Fsp3) is 0.652. The molecule has 2 heterocycles. The van der Waals surface area contributed by atoms with E-state index in [-0.39, 0.29) is 35.8 Å². The summed E-state index contributed by atoms with van der Waals surface area (Å²) in [6.07, 6.45) is 10.6. The zero-order valence-electron chi connectivity index (χ0n) is 16.4. The van der Waals surface area contributed by atoms with E-state index in [9.17, 15) is 9.59 Å². The lowest BCUT2D eigenvalue weighted by atomic mass is 9.71. The van der Waals surface area contributed by atoms with E-state index in [0.29, 0.717) is 17.4 Å². The van der Waals surface area contributed by atoms with Gasteiger partial charge in [0, 0.05) is 5.92 Å². The highest BCUT2D eigenvalue weighted by Crippen LogP contribution is 2.61. The maximum absolute atomic E-state index is 12.6. The Kier molecular flexibility index (Phi) is 3.33. The van der Waals surface area contributed by atoms with Gasteiger partial charge in [0.2, 0.25) is 6.29 Å². The number of carbonyl (C=O) groups excluding carboxylic acids is 2. The third-order valence-corrected chi connectivity index (χ3v) is 8.39. The molecule has 0 aromatic rings. The quantitative estimate of drug-likeness (QED) is 0.316. The number of hydrogen-bond acceptors (Lipinski definition) is 5. The van der Waals surface area contributed by atoms with Gasteiger partial charge in [0.15, 0.2) is 0 Å². The van der Waals surface area contributed by atoms with E-state index < -0.39 is 11.7 Å². The molecule has 0 N–H and O–H groups in total. The lowest BCUT2D eigenvalue weighted by Crippen LogP contribution is -2.35. The van der Waals surface area contributed by atoms with Crippen LogP contribution in [0.15, 0.2) is 35.1 Å². The third-order valence-electron chi connectivity index (χ3n) is 8.39. The molecule has 0 unspecified atom stereocenters. The molecule has 2 bridgehead atoms. The number of allylic oxidation sites excluding steroid dienone is 3. The minimum Gasteiger partial charge on any atom is -0.461 e.